The number of amides is 1. The van der Waals surface area contributed by atoms with Crippen LogP contribution in [-0.4, -0.2) is 22.6 Å². The molecule has 0 radical (unpaired) electrons. The topological polar surface area (TPSA) is 57.8 Å². The molecule has 1 amide bonds. The van der Waals surface area contributed by atoms with Crippen LogP contribution in [0.2, 0.25) is 0 Å². The monoisotopic (exact) mass is 275 g/mol. The van der Waals surface area contributed by atoms with Crippen molar-refractivity contribution in [2.45, 2.75) is 57.8 Å². The zero-order chi connectivity index (χ0) is 13.8. The van der Waals surface area contributed by atoms with Crippen LogP contribution in [0.3, 0.4) is 0 Å². The van der Waals surface area contributed by atoms with Crippen LogP contribution in [0.5, 0.6) is 0 Å². The number of carbonyl (C=O) groups excluding carboxylic acids is 1. The summed E-state index contributed by atoms with van der Waals surface area (Å²) in [5.74, 6) is 1.10. The van der Waals surface area contributed by atoms with E-state index in [9.17, 15) is 4.79 Å². The molecule has 1 saturated carbocycles. The Labute approximate surface area is 120 Å². The molecule has 1 aromatic rings. The lowest BCUT2D eigenvalue weighted by atomic mass is 9.87. The van der Waals surface area contributed by atoms with Crippen molar-refractivity contribution in [2.75, 3.05) is 6.54 Å². The lowest BCUT2D eigenvalue weighted by Gasteiger charge is -2.22. The van der Waals surface area contributed by atoms with Crippen molar-refractivity contribution in [1.29, 1.82) is 0 Å². The molecule has 1 unspecified atom stereocenters. The molecule has 1 fully saturated rings. The number of fused-ring (bicyclic) bond motifs is 1. The average molecular weight is 275 g/mol. The van der Waals surface area contributed by atoms with E-state index in [1.807, 2.05) is 6.20 Å². The summed E-state index contributed by atoms with van der Waals surface area (Å²) in [6.07, 6.45) is 12.6. The van der Waals surface area contributed by atoms with Gasteiger partial charge in [-0.2, -0.15) is 5.10 Å². The Morgan fingerprint density at radius 1 is 1.25 bits per heavy atom. The predicted molar refractivity (Wildman–Crippen MR) is 78.3 cm³/mol. The van der Waals surface area contributed by atoms with Crippen LogP contribution in [-0.2, 0) is 17.6 Å². The van der Waals surface area contributed by atoms with Gasteiger partial charge in [0.25, 0.3) is 0 Å². The molecular formula is C16H25N3O. The number of nitrogens with one attached hydrogen (secondary N) is 2. The van der Waals surface area contributed by atoms with Crippen LogP contribution in [0.25, 0.3) is 0 Å². The summed E-state index contributed by atoms with van der Waals surface area (Å²) in [5, 5.41) is 10.3. The molecule has 3 rings (SSSR count). The molecule has 1 atom stereocenters. The Kier molecular flexibility index (Phi) is 4.38. The van der Waals surface area contributed by atoms with Gasteiger partial charge in [0.05, 0.1) is 6.20 Å². The SMILES string of the molecule is O=C(NCC1CCCCCC1)C1CCc2[nH]ncc2C1. The first kappa shape index (κ1) is 13.7. The zero-order valence-electron chi connectivity index (χ0n) is 12.2. The van der Waals surface area contributed by atoms with Crippen molar-refractivity contribution in [2.24, 2.45) is 11.8 Å². The largest absolute Gasteiger partial charge is 0.356 e. The maximum atomic E-state index is 12.3. The van der Waals surface area contributed by atoms with Crippen LogP contribution in [0.4, 0.5) is 0 Å². The van der Waals surface area contributed by atoms with Crippen LogP contribution in [0, 0.1) is 11.8 Å². The van der Waals surface area contributed by atoms with Crippen LogP contribution in [0.1, 0.15) is 56.2 Å². The molecule has 2 N–H and O–H groups in total. The van der Waals surface area contributed by atoms with Crippen LogP contribution < -0.4 is 5.32 Å². The van der Waals surface area contributed by atoms with Gasteiger partial charge in [0.15, 0.2) is 0 Å². The molecule has 0 aliphatic heterocycles. The molecule has 0 aromatic carbocycles. The number of rotatable bonds is 3. The third-order valence-corrected chi connectivity index (χ3v) is 4.93. The summed E-state index contributed by atoms with van der Waals surface area (Å²) in [4.78, 5) is 12.3. The van der Waals surface area contributed by atoms with Crippen molar-refractivity contribution < 1.29 is 4.79 Å². The Morgan fingerprint density at radius 2 is 2.05 bits per heavy atom. The lowest BCUT2D eigenvalue weighted by Crippen LogP contribution is -2.36. The Hall–Kier alpha value is -1.32. The highest BCUT2D eigenvalue weighted by atomic mass is 16.1. The lowest BCUT2D eigenvalue weighted by molar-refractivity contribution is -0.125. The van der Waals surface area contributed by atoms with Crippen molar-refractivity contribution in [3.8, 4) is 0 Å². The highest BCUT2D eigenvalue weighted by Crippen LogP contribution is 2.25. The molecule has 1 aromatic heterocycles. The maximum absolute atomic E-state index is 12.3. The molecule has 110 valence electrons. The Morgan fingerprint density at radius 3 is 2.85 bits per heavy atom. The van der Waals surface area contributed by atoms with Gasteiger partial charge in [0, 0.05) is 18.2 Å². The van der Waals surface area contributed by atoms with Gasteiger partial charge in [-0.05, 0) is 43.6 Å². The molecule has 1 heterocycles. The third-order valence-electron chi connectivity index (χ3n) is 4.93. The van der Waals surface area contributed by atoms with Crippen molar-refractivity contribution in [1.82, 2.24) is 15.5 Å². The first-order valence-corrected chi connectivity index (χ1v) is 8.12. The highest BCUT2D eigenvalue weighted by molar-refractivity contribution is 5.79. The van der Waals surface area contributed by atoms with E-state index in [4.69, 9.17) is 0 Å². The van der Waals surface area contributed by atoms with Gasteiger partial charge in [0.1, 0.15) is 0 Å². The van der Waals surface area contributed by atoms with Gasteiger partial charge in [-0.25, -0.2) is 0 Å². The third kappa shape index (κ3) is 3.22. The quantitative estimate of drug-likeness (QED) is 0.833. The molecule has 2 aliphatic rings. The van der Waals surface area contributed by atoms with E-state index >= 15 is 0 Å². The number of carbonyl (C=O) groups is 1. The van der Waals surface area contributed by atoms with Crippen molar-refractivity contribution in [3.63, 3.8) is 0 Å². The van der Waals surface area contributed by atoms with E-state index in [0.29, 0.717) is 5.92 Å². The van der Waals surface area contributed by atoms with Crippen molar-refractivity contribution >= 4 is 5.91 Å². The van der Waals surface area contributed by atoms with Crippen LogP contribution >= 0.6 is 0 Å². The molecule has 0 saturated heterocycles. The van der Waals surface area contributed by atoms with E-state index in [2.05, 4.69) is 15.5 Å². The summed E-state index contributed by atoms with van der Waals surface area (Å²) in [5.41, 5.74) is 2.45. The normalized spacial score (nSPS) is 23.9. The number of H-pyrrole nitrogens is 1. The Bertz CT molecular complexity index is 446. The number of hydrogen-bond donors (Lipinski definition) is 2. The van der Waals surface area contributed by atoms with Crippen LogP contribution in [0.15, 0.2) is 6.20 Å². The first-order valence-electron chi connectivity index (χ1n) is 8.12. The fourth-order valence-electron chi connectivity index (χ4n) is 3.60. The summed E-state index contributed by atoms with van der Waals surface area (Å²) >= 11 is 0. The first-order chi connectivity index (χ1) is 9.83. The van der Waals surface area contributed by atoms with E-state index in [1.54, 1.807) is 0 Å². The van der Waals surface area contributed by atoms with E-state index in [0.717, 1.165) is 25.8 Å². The maximum Gasteiger partial charge on any atom is 0.223 e. The van der Waals surface area contributed by atoms with Crippen molar-refractivity contribution in [3.05, 3.63) is 17.5 Å². The number of aryl methyl sites for hydroxylation is 1. The summed E-state index contributed by atoms with van der Waals surface area (Å²) in [6.45, 7) is 0.883. The predicted octanol–water partition coefficient (Wildman–Crippen LogP) is 2.60. The number of nitrogens with zero attached hydrogens (tertiary/aromatic N) is 1. The van der Waals surface area contributed by atoms with E-state index < -0.39 is 0 Å². The second-order valence-corrected chi connectivity index (χ2v) is 6.42. The molecular weight excluding hydrogens is 250 g/mol. The molecule has 2 aliphatic carbocycles. The molecule has 0 spiro atoms. The van der Waals surface area contributed by atoms with Gasteiger partial charge in [-0.3, -0.25) is 9.89 Å². The van der Waals surface area contributed by atoms with Gasteiger partial charge in [0.2, 0.25) is 5.91 Å². The van der Waals surface area contributed by atoms with Gasteiger partial charge >= 0.3 is 0 Å². The highest BCUT2D eigenvalue weighted by Gasteiger charge is 2.26. The van der Waals surface area contributed by atoms with E-state index in [1.165, 1.54) is 49.8 Å². The minimum absolute atomic E-state index is 0.144. The molecule has 4 nitrogen and oxygen atoms in total. The fraction of sp³-hybridized carbons (Fsp3) is 0.750. The summed E-state index contributed by atoms with van der Waals surface area (Å²) < 4.78 is 0. The molecule has 20 heavy (non-hydrogen) atoms. The smallest absolute Gasteiger partial charge is 0.223 e. The number of aromatic nitrogens is 2. The molecule has 4 heteroatoms. The minimum atomic E-state index is 0.144. The molecule has 0 bridgehead atoms. The zero-order valence-corrected chi connectivity index (χ0v) is 12.2. The summed E-state index contributed by atoms with van der Waals surface area (Å²) in [7, 11) is 0. The fourth-order valence-corrected chi connectivity index (χ4v) is 3.60. The average Bonchev–Trinajstić information content (AvgIpc) is 2.78. The standard InChI is InChI=1S/C16H25N3O/c20-16(17-10-12-5-3-1-2-4-6-12)13-7-8-15-14(9-13)11-18-19-15/h11-13H,1-10H2,(H,17,20)(H,18,19). The second kappa shape index (κ2) is 6.42. The van der Waals surface area contributed by atoms with Gasteiger partial charge in [-0.1, -0.05) is 25.7 Å². The number of hydrogen-bond acceptors (Lipinski definition) is 2. The van der Waals surface area contributed by atoms with Gasteiger partial charge < -0.3 is 5.32 Å². The second-order valence-electron chi connectivity index (χ2n) is 6.42. The Balaban J connectivity index is 1.47. The van der Waals surface area contributed by atoms with Gasteiger partial charge in [-0.15, -0.1) is 0 Å². The number of aromatic amines is 1. The minimum Gasteiger partial charge on any atom is -0.356 e. The summed E-state index contributed by atoms with van der Waals surface area (Å²) in [6, 6.07) is 0. The van der Waals surface area contributed by atoms with E-state index in [-0.39, 0.29) is 11.8 Å².